The van der Waals surface area contributed by atoms with Crippen molar-refractivity contribution in [2.75, 3.05) is 20.2 Å². The van der Waals surface area contributed by atoms with Crippen molar-refractivity contribution in [2.45, 2.75) is 6.42 Å². The number of carbonyl (C=O) groups excluding carboxylic acids is 1. The van der Waals surface area contributed by atoms with Crippen LogP contribution in [-0.2, 0) is 4.79 Å². The van der Waals surface area contributed by atoms with E-state index in [-0.39, 0.29) is 5.91 Å². The van der Waals surface area contributed by atoms with Gasteiger partial charge in [-0.25, -0.2) is 0 Å². The molecule has 86 valence electrons. The molecule has 0 saturated carbocycles. The molecule has 0 saturated heterocycles. The van der Waals surface area contributed by atoms with Crippen molar-refractivity contribution in [1.82, 2.24) is 4.90 Å². The molecule has 1 aromatic carbocycles. The standard InChI is InChI=1S/C13H17NO2/c1-3-13(15)14(2)10-7-11-16-12-8-5-4-6-9-12/h3-6,8-9H,1,7,10-11H2,2H3. The lowest BCUT2D eigenvalue weighted by molar-refractivity contribution is -0.124. The van der Waals surface area contributed by atoms with Crippen LogP contribution in [-0.4, -0.2) is 31.0 Å². The molecule has 1 aromatic rings. The molecule has 0 aliphatic carbocycles. The minimum Gasteiger partial charge on any atom is -0.494 e. The summed E-state index contributed by atoms with van der Waals surface area (Å²) in [6.45, 7) is 4.72. The smallest absolute Gasteiger partial charge is 0.245 e. The minimum absolute atomic E-state index is 0.0558. The molecule has 0 bridgehead atoms. The largest absolute Gasteiger partial charge is 0.494 e. The molecule has 0 radical (unpaired) electrons. The van der Waals surface area contributed by atoms with Gasteiger partial charge in [0.2, 0.25) is 5.91 Å². The van der Waals surface area contributed by atoms with E-state index in [1.807, 2.05) is 30.3 Å². The maximum atomic E-state index is 11.1. The average molecular weight is 219 g/mol. The van der Waals surface area contributed by atoms with E-state index < -0.39 is 0 Å². The van der Waals surface area contributed by atoms with Gasteiger partial charge in [0.05, 0.1) is 6.61 Å². The first-order valence-electron chi connectivity index (χ1n) is 5.29. The normalized spacial score (nSPS) is 9.56. The van der Waals surface area contributed by atoms with E-state index in [2.05, 4.69) is 6.58 Å². The first kappa shape index (κ1) is 12.3. The van der Waals surface area contributed by atoms with Crippen LogP contribution in [0.25, 0.3) is 0 Å². The van der Waals surface area contributed by atoms with Gasteiger partial charge in [-0.2, -0.15) is 0 Å². The summed E-state index contributed by atoms with van der Waals surface area (Å²) in [5.74, 6) is 0.805. The molecule has 0 aromatic heterocycles. The summed E-state index contributed by atoms with van der Waals surface area (Å²) in [4.78, 5) is 12.8. The number of likely N-dealkylation sites (N-methyl/N-ethyl adjacent to an activating group) is 1. The molecule has 0 unspecified atom stereocenters. The van der Waals surface area contributed by atoms with Gasteiger partial charge in [0, 0.05) is 13.6 Å². The average Bonchev–Trinajstić information content (AvgIpc) is 2.34. The first-order valence-corrected chi connectivity index (χ1v) is 5.29. The van der Waals surface area contributed by atoms with Crippen molar-refractivity contribution < 1.29 is 9.53 Å². The Kier molecular flexibility index (Phi) is 5.12. The lowest BCUT2D eigenvalue weighted by Gasteiger charge is -2.14. The minimum atomic E-state index is -0.0558. The van der Waals surface area contributed by atoms with Crippen LogP contribution in [0.1, 0.15) is 6.42 Å². The molecule has 0 heterocycles. The van der Waals surface area contributed by atoms with Crippen LogP contribution in [0.3, 0.4) is 0 Å². The Hall–Kier alpha value is -1.77. The van der Waals surface area contributed by atoms with Gasteiger partial charge in [0.25, 0.3) is 0 Å². The van der Waals surface area contributed by atoms with Crippen LogP contribution < -0.4 is 4.74 Å². The van der Waals surface area contributed by atoms with E-state index in [0.29, 0.717) is 13.2 Å². The van der Waals surface area contributed by atoms with Crippen LogP contribution in [0.2, 0.25) is 0 Å². The summed E-state index contributed by atoms with van der Waals surface area (Å²) in [5, 5.41) is 0. The zero-order valence-corrected chi connectivity index (χ0v) is 9.56. The van der Waals surface area contributed by atoms with Gasteiger partial charge in [-0.1, -0.05) is 24.8 Å². The maximum absolute atomic E-state index is 11.1. The van der Waals surface area contributed by atoms with E-state index in [1.54, 1.807) is 11.9 Å². The van der Waals surface area contributed by atoms with Crippen LogP contribution in [0.5, 0.6) is 5.75 Å². The fraction of sp³-hybridized carbons (Fsp3) is 0.308. The first-order chi connectivity index (χ1) is 7.74. The van der Waals surface area contributed by atoms with E-state index in [4.69, 9.17) is 4.74 Å². The molecule has 3 heteroatoms. The quantitative estimate of drug-likeness (QED) is 0.541. The Morgan fingerprint density at radius 2 is 2.12 bits per heavy atom. The predicted octanol–water partition coefficient (Wildman–Crippen LogP) is 2.10. The molecule has 1 rings (SSSR count). The summed E-state index contributed by atoms with van der Waals surface area (Å²) >= 11 is 0. The van der Waals surface area contributed by atoms with Gasteiger partial charge in [-0.3, -0.25) is 4.79 Å². The highest BCUT2D eigenvalue weighted by Gasteiger charge is 2.02. The van der Waals surface area contributed by atoms with Gasteiger partial charge < -0.3 is 9.64 Å². The van der Waals surface area contributed by atoms with Gasteiger partial charge in [0.15, 0.2) is 0 Å². The molecule has 0 spiro atoms. The Labute approximate surface area is 96.3 Å². The number of nitrogens with zero attached hydrogens (tertiary/aromatic N) is 1. The van der Waals surface area contributed by atoms with Crippen molar-refractivity contribution in [3.8, 4) is 5.75 Å². The van der Waals surface area contributed by atoms with Crippen molar-refractivity contribution >= 4 is 5.91 Å². The lowest BCUT2D eigenvalue weighted by Crippen LogP contribution is -2.26. The molecule has 0 fully saturated rings. The molecule has 16 heavy (non-hydrogen) atoms. The molecule has 1 amide bonds. The van der Waals surface area contributed by atoms with Crippen LogP contribution in [0, 0.1) is 0 Å². The predicted molar refractivity (Wildman–Crippen MR) is 64.4 cm³/mol. The zero-order chi connectivity index (χ0) is 11.8. The molecular formula is C13H17NO2. The monoisotopic (exact) mass is 219 g/mol. The number of benzene rings is 1. The second-order valence-electron chi connectivity index (χ2n) is 3.48. The number of hydrogen-bond donors (Lipinski definition) is 0. The maximum Gasteiger partial charge on any atom is 0.245 e. The number of ether oxygens (including phenoxy) is 1. The molecule has 0 aliphatic rings. The van der Waals surface area contributed by atoms with Gasteiger partial charge in [0.1, 0.15) is 5.75 Å². The van der Waals surface area contributed by atoms with E-state index in [9.17, 15) is 4.79 Å². The molecule has 0 atom stereocenters. The van der Waals surface area contributed by atoms with Gasteiger partial charge in [-0.05, 0) is 24.6 Å². The number of hydrogen-bond acceptors (Lipinski definition) is 2. The lowest BCUT2D eigenvalue weighted by atomic mass is 10.3. The highest BCUT2D eigenvalue weighted by atomic mass is 16.5. The van der Waals surface area contributed by atoms with E-state index >= 15 is 0 Å². The zero-order valence-electron chi connectivity index (χ0n) is 9.56. The second-order valence-corrected chi connectivity index (χ2v) is 3.48. The van der Waals surface area contributed by atoms with Crippen molar-refractivity contribution in [3.63, 3.8) is 0 Å². The topological polar surface area (TPSA) is 29.5 Å². The second kappa shape index (κ2) is 6.67. The van der Waals surface area contributed by atoms with Crippen LogP contribution >= 0.6 is 0 Å². The van der Waals surface area contributed by atoms with Crippen molar-refractivity contribution in [1.29, 1.82) is 0 Å². The highest BCUT2D eigenvalue weighted by molar-refractivity contribution is 5.86. The van der Waals surface area contributed by atoms with Gasteiger partial charge >= 0.3 is 0 Å². The molecule has 0 N–H and O–H groups in total. The highest BCUT2D eigenvalue weighted by Crippen LogP contribution is 2.08. The van der Waals surface area contributed by atoms with Crippen molar-refractivity contribution in [2.24, 2.45) is 0 Å². The Balaban J connectivity index is 2.17. The summed E-state index contributed by atoms with van der Waals surface area (Å²) < 4.78 is 5.51. The van der Waals surface area contributed by atoms with Crippen LogP contribution in [0.15, 0.2) is 43.0 Å². The van der Waals surface area contributed by atoms with Crippen molar-refractivity contribution in [3.05, 3.63) is 43.0 Å². The summed E-state index contributed by atoms with van der Waals surface area (Å²) in [6.07, 6.45) is 2.13. The Bertz CT molecular complexity index is 335. The van der Waals surface area contributed by atoms with Gasteiger partial charge in [-0.15, -0.1) is 0 Å². The van der Waals surface area contributed by atoms with Crippen LogP contribution in [0.4, 0.5) is 0 Å². The Morgan fingerprint density at radius 3 is 2.75 bits per heavy atom. The van der Waals surface area contributed by atoms with E-state index in [1.165, 1.54) is 6.08 Å². The molecule has 3 nitrogen and oxygen atoms in total. The molecular weight excluding hydrogens is 202 g/mol. The number of rotatable bonds is 6. The fourth-order valence-corrected chi connectivity index (χ4v) is 1.27. The SMILES string of the molecule is C=CC(=O)N(C)CCCOc1ccccc1. The molecule has 0 aliphatic heterocycles. The van der Waals surface area contributed by atoms with E-state index in [0.717, 1.165) is 12.2 Å². The third-order valence-corrected chi connectivity index (χ3v) is 2.20. The number of amides is 1. The third-order valence-electron chi connectivity index (χ3n) is 2.20. The third kappa shape index (κ3) is 4.17. The Morgan fingerprint density at radius 1 is 1.44 bits per heavy atom. The summed E-state index contributed by atoms with van der Waals surface area (Å²) in [5.41, 5.74) is 0. The number of carbonyl (C=O) groups is 1. The summed E-state index contributed by atoms with van der Waals surface area (Å²) in [6, 6.07) is 9.64. The summed E-state index contributed by atoms with van der Waals surface area (Å²) in [7, 11) is 1.76. The number of para-hydroxylation sites is 1. The fourth-order valence-electron chi connectivity index (χ4n) is 1.27.